The molecule has 4 rings (SSSR count). The van der Waals surface area contributed by atoms with Gasteiger partial charge in [0.1, 0.15) is 0 Å². The lowest BCUT2D eigenvalue weighted by molar-refractivity contribution is -0.138. The quantitative estimate of drug-likeness (QED) is 0.186. The molecule has 0 spiro atoms. The van der Waals surface area contributed by atoms with Gasteiger partial charge in [0, 0.05) is 42.2 Å². The van der Waals surface area contributed by atoms with Gasteiger partial charge in [-0.05, 0) is 79.7 Å². The van der Waals surface area contributed by atoms with E-state index >= 15 is 0 Å². The number of rotatable bonds is 10. The number of nitrogens with one attached hydrogen (secondary N) is 2. The Kier molecular flexibility index (Phi) is 10.3. The summed E-state index contributed by atoms with van der Waals surface area (Å²) in [6.45, 7) is 3.99. The zero-order chi connectivity index (χ0) is 31.9. The van der Waals surface area contributed by atoms with E-state index in [4.69, 9.17) is 29.1 Å². The summed E-state index contributed by atoms with van der Waals surface area (Å²) in [6.07, 6.45) is -1.27. The number of carbonyl (C=O) groups excluding carboxylic acids is 1. The molecule has 1 amide bonds. The van der Waals surface area contributed by atoms with Crippen molar-refractivity contribution in [3.8, 4) is 6.07 Å². The topological polar surface area (TPSA) is 86.0 Å². The number of nitrogens with zero attached hydrogens (tertiary/aromatic N) is 4. The molecule has 0 saturated heterocycles. The zero-order valence-electron chi connectivity index (χ0n) is 24.0. The maximum absolute atomic E-state index is 13.8. The van der Waals surface area contributed by atoms with E-state index in [-0.39, 0.29) is 36.1 Å². The highest BCUT2D eigenvalue weighted by Crippen LogP contribution is 2.32. The van der Waals surface area contributed by atoms with Gasteiger partial charge in [0.15, 0.2) is 5.11 Å². The van der Waals surface area contributed by atoms with Gasteiger partial charge < -0.3 is 20.1 Å². The lowest BCUT2D eigenvalue weighted by atomic mass is 10.0. The monoisotopic (exact) mass is 638 g/mol. The molecular formula is C32H30ClF3N6OS. The van der Waals surface area contributed by atoms with Crippen LogP contribution in [0.5, 0.6) is 0 Å². The highest BCUT2D eigenvalue weighted by Gasteiger charge is 2.34. The summed E-state index contributed by atoms with van der Waals surface area (Å²) in [6, 6.07) is 21.4. The zero-order valence-corrected chi connectivity index (χ0v) is 25.6. The van der Waals surface area contributed by atoms with Gasteiger partial charge >= 0.3 is 6.18 Å². The van der Waals surface area contributed by atoms with Crippen molar-refractivity contribution < 1.29 is 18.0 Å². The largest absolute Gasteiger partial charge is 0.416 e. The van der Waals surface area contributed by atoms with Gasteiger partial charge in [-0.25, -0.2) is 4.98 Å². The number of alkyl halides is 3. The van der Waals surface area contributed by atoms with Crippen LogP contribution in [0.2, 0.25) is 5.02 Å². The van der Waals surface area contributed by atoms with E-state index in [2.05, 4.69) is 21.7 Å². The fourth-order valence-electron chi connectivity index (χ4n) is 4.70. The van der Waals surface area contributed by atoms with Crippen molar-refractivity contribution in [2.75, 3.05) is 11.9 Å². The van der Waals surface area contributed by atoms with E-state index < -0.39 is 17.3 Å². The Balaban J connectivity index is 1.49. The molecule has 44 heavy (non-hydrogen) atoms. The molecule has 0 bridgehead atoms. The molecule has 0 fully saturated rings. The van der Waals surface area contributed by atoms with E-state index in [0.717, 1.165) is 11.6 Å². The molecule has 228 valence electrons. The number of hydrogen-bond acceptors (Lipinski definition) is 4. The van der Waals surface area contributed by atoms with Crippen molar-refractivity contribution >= 4 is 40.5 Å². The molecule has 0 aliphatic heterocycles. The minimum absolute atomic E-state index is 0.0318. The van der Waals surface area contributed by atoms with E-state index in [9.17, 15) is 18.0 Å². The second-order valence-corrected chi connectivity index (χ2v) is 11.7. The molecule has 7 nitrogen and oxygen atoms in total. The van der Waals surface area contributed by atoms with Crippen LogP contribution >= 0.6 is 23.8 Å². The Bertz CT molecular complexity index is 1650. The average molecular weight is 639 g/mol. The summed E-state index contributed by atoms with van der Waals surface area (Å²) in [5, 5.41) is 15.8. The van der Waals surface area contributed by atoms with E-state index in [1.807, 2.05) is 16.7 Å². The van der Waals surface area contributed by atoms with Gasteiger partial charge in [0.2, 0.25) is 5.91 Å². The van der Waals surface area contributed by atoms with Crippen LogP contribution in [0.4, 0.5) is 18.9 Å². The standard InChI is InChI=1S/C32H30ClF3N6OS/c1-31(2,40-29(43)15-27-17-38-21-42(27)18-23-9-7-22(16-37)8-10-23)20-41(30(44)39-26-13-11-25(33)12-14-26)19-24-5-3-4-6-28(24)32(34,35)36/h3-14,17,21H,15,18-20H2,1-2H3,(H,39,44)(H,40,43). The molecule has 1 aromatic heterocycles. The van der Waals surface area contributed by atoms with Crippen molar-refractivity contribution in [1.29, 1.82) is 5.26 Å². The van der Waals surface area contributed by atoms with Gasteiger partial charge in [-0.3, -0.25) is 4.79 Å². The third-order valence-corrected chi connectivity index (χ3v) is 7.32. The minimum atomic E-state index is -4.54. The van der Waals surface area contributed by atoms with Crippen LogP contribution in [0.25, 0.3) is 0 Å². The number of thiocarbonyl (C=S) groups is 1. The first kappa shape index (κ1) is 32.5. The molecule has 0 aliphatic carbocycles. The number of anilines is 1. The van der Waals surface area contributed by atoms with Crippen molar-refractivity contribution in [3.05, 3.63) is 118 Å². The summed E-state index contributed by atoms with van der Waals surface area (Å²) in [7, 11) is 0. The maximum Gasteiger partial charge on any atom is 0.416 e. The third-order valence-electron chi connectivity index (χ3n) is 6.71. The molecule has 4 aromatic rings. The van der Waals surface area contributed by atoms with Crippen LogP contribution in [-0.2, 0) is 30.5 Å². The van der Waals surface area contributed by atoms with Crippen molar-refractivity contribution in [2.24, 2.45) is 0 Å². The highest BCUT2D eigenvalue weighted by molar-refractivity contribution is 7.80. The van der Waals surface area contributed by atoms with Gasteiger partial charge in [0.05, 0.1) is 35.5 Å². The van der Waals surface area contributed by atoms with Crippen LogP contribution in [0.15, 0.2) is 85.3 Å². The Hall–Kier alpha value is -4.40. The fraction of sp³-hybridized carbons (Fsp3) is 0.250. The van der Waals surface area contributed by atoms with Gasteiger partial charge in [-0.1, -0.05) is 41.9 Å². The summed E-state index contributed by atoms with van der Waals surface area (Å²) >= 11 is 11.6. The summed E-state index contributed by atoms with van der Waals surface area (Å²) in [5.74, 6) is -0.288. The molecule has 3 aromatic carbocycles. The Labute approximate surface area is 264 Å². The summed E-state index contributed by atoms with van der Waals surface area (Å²) in [5.41, 5.74) is 1.20. The molecule has 0 unspecified atom stereocenters. The van der Waals surface area contributed by atoms with Crippen LogP contribution in [-0.4, -0.2) is 37.6 Å². The number of hydrogen-bond donors (Lipinski definition) is 2. The van der Waals surface area contributed by atoms with Crippen LogP contribution in [0.3, 0.4) is 0 Å². The summed E-state index contributed by atoms with van der Waals surface area (Å²) < 4.78 is 43.3. The van der Waals surface area contributed by atoms with Crippen LogP contribution in [0.1, 0.15) is 41.8 Å². The lowest BCUT2D eigenvalue weighted by Gasteiger charge is -2.35. The molecule has 0 saturated carbocycles. The fourth-order valence-corrected chi connectivity index (χ4v) is 5.07. The first-order chi connectivity index (χ1) is 20.8. The first-order valence-corrected chi connectivity index (χ1v) is 14.4. The lowest BCUT2D eigenvalue weighted by Crippen LogP contribution is -2.53. The smallest absolute Gasteiger partial charge is 0.349 e. The maximum atomic E-state index is 13.8. The molecule has 0 atom stereocenters. The molecule has 2 N–H and O–H groups in total. The Morgan fingerprint density at radius 1 is 1.07 bits per heavy atom. The van der Waals surface area contributed by atoms with Gasteiger partial charge in [-0.2, -0.15) is 18.4 Å². The SMILES string of the molecule is CC(C)(CN(Cc1ccccc1C(F)(F)F)C(=S)Nc1ccc(Cl)cc1)NC(=O)Cc1cncn1Cc1ccc(C#N)cc1. The Morgan fingerprint density at radius 2 is 1.75 bits per heavy atom. The number of amides is 1. The van der Waals surface area contributed by atoms with E-state index in [0.29, 0.717) is 28.5 Å². The van der Waals surface area contributed by atoms with E-state index in [1.54, 1.807) is 73.7 Å². The van der Waals surface area contributed by atoms with E-state index in [1.165, 1.54) is 12.1 Å². The normalized spacial score (nSPS) is 11.5. The molecule has 1 heterocycles. The second-order valence-electron chi connectivity index (χ2n) is 10.9. The number of nitriles is 1. The van der Waals surface area contributed by atoms with Crippen molar-refractivity contribution in [3.63, 3.8) is 0 Å². The second kappa shape index (κ2) is 13.9. The third kappa shape index (κ3) is 9.05. The number of aromatic nitrogens is 2. The van der Waals surface area contributed by atoms with Crippen LogP contribution in [0, 0.1) is 11.3 Å². The predicted octanol–water partition coefficient (Wildman–Crippen LogP) is 6.81. The molecule has 12 heteroatoms. The highest BCUT2D eigenvalue weighted by atomic mass is 35.5. The average Bonchev–Trinajstić information content (AvgIpc) is 3.39. The predicted molar refractivity (Wildman–Crippen MR) is 168 cm³/mol. The number of halogens is 4. The van der Waals surface area contributed by atoms with Gasteiger partial charge in [-0.15, -0.1) is 0 Å². The number of benzene rings is 3. The molecule has 0 aliphatic rings. The van der Waals surface area contributed by atoms with Crippen molar-refractivity contribution in [2.45, 2.75) is 45.1 Å². The minimum Gasteiger partial charge on any atom is -0.349 e. The van der Waals surface area contributed by atoms with Gasteiger partial charge in [0.25, 0.3) is 0 Å². The molecule has 0 radical (unpaired) electrons. The Morgan fingerprint density at radius 3 is 2.41 bits per heavy atom. The first-order valence-electron chi connectivity index (χ1n) is 13.6. The van der Waals surface area contributed by atoms with Crippen LogP contribution < -0.4 is 10.6 Å². The number of imidazole rings is 1. The molecular weight excluding hydrogens is 609 g/mol. The summed E-state index contributed by atoms with van der Waals surface area (Å²) in [4.78, 5) is 19.0. The number of carbonyl (C=O) groups is 1. The van der Waals surface area contributed by atoms with Crippen molar-refractivity contribution in [1.82, 2.24) is 19.8 Å².